The molecular formula is C13H20FNO. The monoisotopic (exact) mass is 225 g/mol. The van der Waals surface area contributed by atoms with Gasteiger partial charge in [-0.15, -0.1) is 0 Å². The maximum Gasteiger partial charge on any atom is 0.131 e. The minimum atomic E-state index is -0.305. The Morgan fingerprint density at radius 3 is 2.50 bits per heavy atom. The molecular weight excluding hydrogens is 205 g/mol. The van der Waals surface area contributed by atoms with Crippen LogP contribution in [0.5, 0.6) is 5.75 Å². The molecule has 1 unspecified atom stereocenters. The van der Waals surface area contributed by atoms with Crippen molar-refractivity contribution in [3.63, 3.8) is 0 Å². The van der Waals surface area contributed by atoms with Gasteiger partial charge in [-0.05, 0) is 24.5 Å². The lowest BCUT2D eigenvalue weighted by molar-refractivity contribution is 0.102. The molecule has 0 aliphatic heterocycles. The third kappa shape index (κ3) is 2.95. The minimum Gasteiger partial charge on any atom is -0.490 e. The van der Waals surface area contributed by atoms with E-state index in [4.69, 9.17) is 10.5 Å². The molecule has 90 valence electrons. The average molecular weight is 225 g/mol. The summed E-state index contributed by atoms with van der Waals surface area (Å²) in [5.41, 5.74) is 5.97. The molecule has 0 aromatic heterocycles. The van der Waals surface area contributed by atoms with Crippen molar-refractivity contribution >= 4 is 0 Å². The van der Waals surface area contributed by atoms with Crippen LogP contribution in [0, 0.1) is 11.2 Å². The zero-order chi connectivity index (χ0) is 12.3. The fourth-order valence-corrected chi connectivity index (χ4v) is 1.21. The van der Waals surface area contributed by atoms with Crippen LogP contribution in [0.25, 0.3) is 0 Å². The van der Waals surface area contributed by atoms with Crippen molar-refractivity contribution in [3.8, 4) is 5.75 Å². The summed E-state index contributed by atoms with van der Waals surface area (Å²) >= 11 is 0. The Bertz CT molecular complexity index is 357. The van der Waals surface area contributed by atoms with E-state index < -0.39 is 0 Å². The van der Waals surface area contributed by atoms with E-state index in [2.05, 4.69) is 20.8 Å². The smallest absolute Gasteiger partial charge is 0.131 e. The van der Waals surface area contributed by atoms with Crippen molar-refractivity contribution in [2.24, 2.45) is 11.1 Å². The van der Waals surface area contributed by atoms with Crippen LogP contribution in [0.2, 0.25) is 0 Å². The van der Waals surface area contributed by atoms with Crippen molar-refractivity contribution < 1.29 is 9.13 Å². The van der Waals surface area contributed by atoms with Gasteiger partial charge in [0, 0.05) is 12.1 Å². The number of hydrogen-bond acceptors (Lipinski definition) is 2. The number of rotatable bonds is 3. The van der Waals surface area contributed by atoms with Gasteiger partial charge in [0.25, 0.3) is 0 Å². The molecule has 0 bridgehead atoms. The Hall–Kier alpha value is -1.09. The Kier molecular flexibility index (Phi) is 3.92. The molecule has 0 amide bonds. The molecule has 0 spiro atoms. The van der Waals surface area contributed by atoms with Gasteiger partial charge >= 0.3 is 0 Å². The lowest BCUT2D eigenvalue weighted by Crippen LogP contribution is -2.29. The molecule has 3 heteroatoms. The first-order valence-corrected chi connectivity index (χ1v) is 5.50. The van der Waals surface area contributed by atoms with Crippen molar-refractivity contribution in [2.45, 2.75) is 40.3 Å². The van der Waals surface area contributed by atoms with Crippen LogP contribution in [0.1, 0.15) is 33.3 Å². The van der Waals surface area contributed by atoms with E-state index in [0.29, 0.717) is 11.3 Å². The predicted molar refractivity (Wildman–Crippen MR) is 63.8 cm³/mol. The molecule has 0 heterocycles. The van der Waals surface area contributed by atoms with Crippen LogP contribution in [0.3, 0.4) is 0 Å². The average Bonchev–Trinajstić information content (AvgIpc) is 2.16. The molecule has 0 saturated heterocycles. The van der Waals surface area contributed by atoms with E-state index in [1.54, 1.807) is 12.1 Å². The molecule has 1 rings (SSSR count). The fourth-order valence-electron chi connectivity index (χ4n) is 1.21. The topological polar surface area (TPSA) is 35.2 Å². The number of hydrogen-bond donors (Lipinski definition) is 1. The second kappa shape index (κ2) is 4.83. The molecule has 1 atom stereocenters. The first-order chi connectivity index (χ1) is 7.36. The highest BCUT2D eigenvalue weighted by Crippen LogP contribution is 2.27. The Morgan fingerprint density at radius 1 is 1.38 bits per heavy atom. The van der Waals surface area contributed by atoms with Crippen molar-refractivity contribution in [3.05, 3.63) is 29.6 Å². The predicted octanol–water partition coefficient (Wildman–Crippen LogP) is 3.10. The van der Waals surface area contributed by atoms with E-state index >= 15 is 0 Å². The fraction of sp³-hybridized carbons (Fsp3) is 0.538. The summed E-state index contributed by atoms with van der Waals surface area (Å²) in [6.07, 6.45) is -0.000370. The summed E-state index contributed by atoms with van der Waals surface area (Å²) in [7, 11) is 0. The van der Waals surface area contributed by atoms with E-state index in [9.17, 15) is 4.39 Å². The quantitative estimate of drug-likeness (QED) is 0.858. The van der Waals surface area contributed by atoms with Crippen LogP contribution < -0.4 is 10.5 Å². The molecule has 0 fully saturated rings. The molecule has 0 radical (unpaired) electrons. The molecule has 1 aromatic rings. The van der Waals surface area contributed by atoms with Gasteiger partial charge < -0.3 is 10.5 Å². The van der Waals surface area contributed by atoms with Crippen LogP contribution in [0.4, 0.5) is 4.39 Å². The number of ether oxygens (including phenoxy) is 1. The molecule has 0 aliphatic rings. The van der Waals surface area contributed by atoms with Gasteiger partial charge in [-0.2, -0.15) is 0 Å². The summed E-state index contributed by atoms with van der Waals surface area (Å²) in [4.78, 5) is 0. The van der Waals surface area contributed by atoms with Crippen molar-refractivity contribution in [2.75, 3.05) is 0 Å². The van der Waals surface area contributed by atoms with Crippen molar-refractivity contribution in [1.82, 2.24) is 0 Å². The Balaban J connectivity index is 2.93. The first-order valence-electron chi connectivity index (χ1n) is 5.50. The van der Waals surface area contributed by atoms with Gasteiger partial charge in [0.1, 0.15) is 17.7 Å². The third-order valence-electron chi connectivity index (χ3n) is 2.80. The lowest BCUT2D eigenvalue weighted by atomic mass is 9.90. The largest absolute Gasteiger partial charge is 0.490 e. The lowest BCUT2D eigenvalue weighted by Gasteiger charge is -2.28. The number of halogens is 1. The maximum absolute atomic E-state index is 13.4. The Labute approximate surface area is 96.6 Å². The zero-order valence-electron chi connectivity index (χ0n) is 10.4. The van der Waals surface area contributed by atoms with Gasteiger partial charge in [0.15, 0.2) is 0 Å². The van der Waals surface area contributed by atoms with Gasteiger partial charge in [0.2, 0.25) is 0 Å². The van der Waals surface area contributed by atoms with E-state index in [0.717, 1.165) is 0 Å². The van der Waals surface area contributed by atoms with Gasteiger partial charge in [-0.3, -0.25) is 0 Å². The van der Waals surface area contributed by atoms with Gasteiger partial charge in [0.05, 0.1) is 0 Å². The SMILES string of the molecule is CC(Oc1cccc(F)c1CN)C(C)(C)C. The molecule has 2 nitrogen and oxygen atoms in total. The van der Waals surface area contributed by atoms with E-state index in [1.165, 1.54) is 6.07 Å². The Morgan fingerprint density at radius 2 is 2.00 bits per heavy atom. The number of nitrogens with two attached hydrogens (primary N) is 1. The van der Waals surface area contributed by atoms with E-state index in [-0.39, 0.29) is 23.9 Å². The number of benzene rings is 1. The third-order valence-corrected chi connectivity index (χ3v) is 2.80. The molecule has 16 heavy (non-hydrogen) atoms. The summed E-state index contributed by atoms with van der Waals surface area (Å²) in [6.45, 7) is 8.38. The maximum atomic E-state index is 13.4. The summed E-state index contributed by atoms with van der Waals surface area (Å²) in [5.74, 6) is 0.242. The zero-order valence-corrected chi connectivity index (χ0v) is 10.4. The molecule has 2 N–H and O–H groups in total. The first kappa shape index (κ1) is 13.0. The van der Waals surface area contributed by atoms with Crippen LogP contribution in [-0.2, 0) is 6.54 Å². The summed E-state index contributed by atoms with van der Waals surface area (Å²) in [5, 5.41) is 0. The normalized spacial score (nSPS) is 13.6. The van der Waals surface area contributed by atoms with Crippen LogP contribution in [-0.4, -0.2) is 6.10 Å². The highest BCUT2D eigenvalue weighted by Gasteiger charge is 2.22. The molecule has 0 saturated carbocycles. The van der Waals surface area contributed by atoms with Crippen LogP contribution in [0.15, 0.2) is 18.2 Å². The second-order valence-corrected chi connectivity index (χ2v) is 5.05. The summed E-state index contributed by atoms with van der Waals surface area (Å²) in [6, 6.07) is 4.80. The standard InChI is InChI=1S/C13H20FNO/c1-9(13(2,3)4)16-12-7-5-6-11(14)10(12)8-15/h5-7,9H,8,15H2,1-4H3. The second-order valence-electron chi connectivity index (χ2n) is 5.05. The van der Waals surface area contributed by atoms with E-state index in [1.807, 2.05) is 6.92 Å². The minimum absolute atomic E-state index is 0.000370. The van der Waals surface area contributed by atoms with Gasteiger partial charge in [-0.1, -0.05) is 26.8 Å². The van der Waals surface area contributed by atoms with Crippen molar-refractivity contribution in [1.29, 1.82) is 0 Å². The van der Waals surface area contributed by atoms with Crippen LogP contribution >= 0.6 is 0 Å². The highest BCUT2D eigenvalue weighted by molar-refractivity contribution is 5.34. The summed E-state index contributed by atoms with van der Waals surface area (Å²) < 4.78 is 19.2. The van der Waals surface area contributed by atoms with Gasteiger partial charge in [-0.25, -0.2) is 4.39 Å². The highest BCUT2D eigenvalue weighted by atomic mass is 19.1. The molecule has 1 aromatic carbocycles. The molecule has 0 aliphatic carbocycles.